The molecular formula is C16H30N4O6. The molecule has 0 spiro atoms. The van der Waals surface area contributed by atoms with Gasteiger partial charge in [0, 0.05) is 0 Å². The molecular weight excluding hydrogens is 344 g/mol. The zero-order valence-corrected chi connectivity index (χ0v) is 15.2. The van der Waals surface area contributed by atoms with Crippen LogP contribution in [0, 0.1) is 5.92 Å². The number of aliphatic carboxylic acids is 2. The highest BCUT2D eigenvalue weighted by Gasteiger charge is 2.31. The molecule has 0 aromatic rings. The van der Waals surface area contributed by atoms with Gasteiger partial charge >= 0.3 is 11.9 Å². The summed E-state index contributed by atoms with van der Waals surface area (Å²) in [7, 11) is 0. The highest BCUT2D eigenvalue weighted by molar-refractivity contribution is 5.93. The first-order valence-electron chi connectivity index (χ1n) is 8.64. The van der Waals surface area contributed by atoms with E-state index in [0.29, 0.717) is 25.8 Å². The van der Waals surface area contributed by atoms with Crippen LogP contribution in [0.2, 0.25) is 0 Å². The molecule has 0 heterocycles. The number of hydrogen-bond acceptors (Lipinski definition) is 6. The van der Waals surface area contributed by atoms with Crippen LogP contribution in [0.5, 0.6) is 0 Å². The van der Waals surface area contributed by atoms with Crippen molar-refractivity contribution in [1.29, 1.82) is 0 Å². The number of rotatable bonds is 13. The molecule has 8 N–H and O–H groups in total. The zero-order chi connectivity index (χ0) is 20.3. The summed E-state index contributed by atoms with van der Waals surface area (Å²) in [6.45, 7) is 3.95. The molecule has 0 fully saturated rings. The molecule has 0 radical (unpaired) electrons. The van der Waals surface area contributed by atoms with Crippen molar-refractivity contribution < 1.29 is 29.4 Å². The fourth-order valence-corrected chi connectivity index (χ4v) is 2.25. The third kappa shape index (κ3) is 8.77. The second-order valence-corrected chi connectivity index (χ2v) is 6.26. The van der Waals surface area contributed by atoms with Crippen LogP contribution < -0.4 is 22.1 Å². The van der Waals surface area contributed by atoms with Gasteiger partial charge in [0.1, 0.15) is 12.1 Å². The number of nitrogens with one attached hydrogen (secondary N) is 2. The van der Waals surface area contributed by atoms with Gasteiger partial charge in [-0.25, -0.2) is 4.79 Å². The summed E-state index contributed by atoms with van der Waals surface area (Å²) >= 11 is 0. The topological polar surface area (TPSA) is 185 Å². The molecule has 0 bridgehead atoms. The number of hydrogen-bond donors (Lipinski definition) is 6. The third-order valence-electron chi connectivity index (χ3n) is 4.09. The average Bonchev–Trinajstić information content (AvgIpc) is 2.56. The van der Waals surface area contributed by atoms with E-state index < -0.39 is 48.3 Å². The Hall–Kier alpha value is -2.20. The van der Waals surface area contributed by atoms with Gasteiger partial charge in [-0.05, 0) is 31.7 Å². The lowest BCUT2D eigenvalue weighted by molar-refractivity contribution is -0.143. The number of amides is 2. The van der Waals surface area contributed by atoms with Crippen molar-refractivity contribution in [3.05, 3.63) is 0 Å². The molecule has 0 aliphatic carbocycles. The van der Waals surface area contributed by atoms with Gasteiger partial charge in [0.05, 0.1) is 12.5 Å². The lowest BCUT2D eigenvalue weighted by Gasteiger charge is -2.26. The van der Waals surface area contributed by atoms with Gasteiger partial charge in [-0.15, -0.1) is 0 Å². The van der Waals surface area contributed by atoms with E-state index in [4.69, 9.17) is 16.6 Å². The predicted octanol–water partition coefficient (Wildman–Crippen LogP) is -0.982. The number of carboxylic acid groups (broad SMARTS) is 2. The van der Waals surface area contributed by atoms with Crippen LogP contribution in [0.15, 0.2) is 0 Å². The van der Waals surface area contributed by atoms with Crippen LogP contribution in [0.1, 0.15) is 46.0 Å². The molecule has 10 heteroatoms. The monoisotopic (exact) mass is 374 g/mol. The van der Waals surface area contributed by atoms with Crippen LogP contribution in [-0.4, -0.2) is 58.6 Å². The van der Waals surface area contributed by atoms with Gasteiger partial charge < -0.3 is 32.3 Å². The normalized spacial score (nSPS) is 15.4. The summed E-state index contributed by atoms with van der Waals surface area (Å²) in [6.07, 6.45) is 1.36. The van der Waals surface area contributed by atoms with Crippen LogP contribution in [0.3, 0.4) is 0 Å². The highest BCUT2D eigenvalue weighted by Crippen LogP contribution is 2.10. The van der Waals surface area contributed by atoms with Crippen molar-refractivity contribution in [2.24, 2.45) is 17.4 Å². The first-order valence-corrected chi connectivity index (χ1v) is 8.64. The van der Waals surface area contributed by atoms with Gasteiger partial charge in [0.2, 0.25) is 11.8 Å². The van der Waals surface area contributed by atoms with Gasteiger partial charge in [-0.3, -0.25) is 14.4 Å². The number of carbonyl (C=O) groups is 4. The lowest BCUT2D eigenvalue weighted by atomic mass is 9.97. The second kappa shape index (κ2) is 12.2. The summed E-state index contributed by atoms with van der Waals surface area (Å²) in [5, 5.41) is 22.8. The highest BCUT2D eigenvalue weighted by atomic mass is 16.4. The van der Waals surface area contributed by atoms with Crippen molar-refractivity contribution in [2.45, 2.75) is 64.1 Å². The average molecular weight is 374 g/mol. The lowest BCUT2D eigenvalue weighted by Crippen LogP contribution is -2.56. The molecule has 10 nitrogen and oxygen atoms in total. The maximum absolute atomic E-state index is 12.5. The van der Waals surface area contributed by atoms with E-state index in [1.807, 2.05) is 6.92 Å². The minimum atomic E-state index is -1.30. The standard InChI is InChI=1S/C16H30N4O6/c1-3-9(2)13(20-14(23)10(18)8-12(21)22)15(24)19-11(16(25)26)6-4-5-7-17/h9-11,13H,3-8,17-18H2,1-2H3,(H,19,24)(H,20,23)(H,21,22)(H,25,26). The smallest absolute Gasteiger partial charge is 0.326 e. The van der Waals surface area contributed by atoms with E-state index in [2.05, 4.69) is 10.6 Å². The Bertz CT molecular complexity index is 499. The fourth-order valence-electron chi connectivity index (χ4n) is 2.25. The quantitative estimate of drug-likeness (QED) is 0.222. The number of nitrogens with two attached hydrogens (primary N) is 2. The third-order valence-corrected chi connectivity index (χ3v) is 4.09. The Morgan fingerprint density at radius 1 is 1.04 bits per heavy atom. The molecule has 0 saturated heterocycles. The molecule has 0 aromatic heterocycles. The Morgan fingerprint density at radius 2 is 1.65 bits per heavy atom. The van der Waals surface area contributed by atoms with E-state index >= 15 is 0 Å². The van der Waals surface area contributed by atoms with Crippen LogP contribution >= 0.6 is 0 Å². The largest absolute Gasteiger partial charge is 0.481 e. The van der Waals surface area contributed by atoms with E-state index in [0.717, 1.165) is 0 Å². The molecule has 0 aromatic carbocycles. The van der Waals surface area contributed by atoms with Gasteiger partial charge in [0.25, 0.3) is 0 Å². The van der Waals surface area contributed by atoms with Crippen molar-refractivity contribution in [1.82, 2.24) is 10.6 Å². The van der Waals surface area contributed by atoms with Gasteiger partial charge in [0.15, 0.2) is 0 Å². The van der Waals surface area contributed by atoms with Crippen molar-refractivity contribution in [2.75, 3.05) is 6.54 Å². The molecule has 2 amide bonds. The molecule has 4 unspecified atom stereocenters. The van der Waals surface area contributed by atoms with E-state index in [9.17, 15) is 24.3 Å². The molecule has 0 aliphatic heterocycles. The van der Waals surface area contributed by atoms with Crippen LogP contribution in [0.25, 0.3) is 0 Å². The molecule has 0 aliphatic rings. The maximum Gasteiger partial charge on any atom is 0.326 e. The first kappa shape index (κ1) is 23.8. The van der Waals surface area contributed by atoms with Gasteiger partial charge in [-0.1, -0.05) is 20.3 Å². The van der Waals surface area contributed by atoms with E-state index in [-0.39, 0.29) is 12.3 Å². The summed E-state index contributed by atoms with van der Waals surface area (Å²) in [6, 6.07) is -3.40. The van der Waals surface area contributed by atoms with Crippen molar-refractivity contribution in [3.63, 3.8) is 0 Å². The van der Waals surface area contributed by atoms with Gasteiger partial charge in [-0.2, -0.15) is 0 Å². The molecule has 0 rings (SSSR count). The SMILES string of the molecule is CCC(C)C(NC(=O)C(N)CC(=O)O)C(=O)NC(CCCCN)C(=O)O. The number of carboxylic acids is 2. The fraction of sp³-hybridized carbons (Fsp3) is 0.750. The molecule has 150 valence electrons. The second-order valence-electron chi connectivity index (χ2n) is 6.26. The predicted molar refractivity (Wildman–Crippen MR) is 94.1 cm³/mol. The van der Waals surface area contributed by atoms with Crippen LogP contribution in [0.4, 0.5) is 0 Å². The Morgan fingerprint density at radius 3 is 2.12 bits per heavy atom. The van der Waals surface area contributed by atoms with E-state index in [1.165, 1.54) is 0 Å². The minimum Gasteiger partial charge on any atom is -0.481 e. The maximum atomic E-state index is 12.5. The molecule has 26 heavy (non-hydrogen) atoms. The van der Waals surface area contributed by atoms with Crippen molar-refractivity contribution >= 4 is 23.8 Å². The van der Waals surface area contributed by atoms with E-state index in [1.54, 1.807) is 6.92 Å². The summed E-state index contributed by atoms with van der Waals surface area (Å²) in [5.74, 6) is -4.12. The van der Waals surface area contributed by atoms with Crippen molar-refractivity contribution in [3.8, 4) is 0 Å². The zero-order valence-electron chi connectivity index (χ0n) is 15.2. The Kier molecular flexibility index (Phi) is 11.2. The first-order chi connectivity index (χ1) is 12.1. The Balaban J connectivity index is 5.03. The Labute approximate surface area is 152 Å². The molecule has 0 saturated carbocycles. The van der Waals surface area contributed by atoms with Crippen LogP contribution in [-0.2, 0) is 19.2 Å². The molecule has 4 atom stereocenters. The number of unbranched alkanes of at least 4 members (excludes halogenated alkanes) is 1. The minimum absolute atomic E-state index is 0.220. The summed E-state index contributed by atoms with van der Waals surface area (Å²) in [4.78, 5) is 46.5. The number of carbonyl (C=O) groups excluding carboxylic acids is 2. The summed E-state index contributed by atoms with van der Waals surface area (Å²) < 4.78 is 0. The summed E-state index contributed by atoms with van der Waals surface area (Å²) in [5.41, 5.74) is 10.9.